The van der Waals surface area contributed by atoms with Crippen LogP contribution in [0.25, 0.3) is 10.2 Å². The van der Waals surface area contributed by atoms with Crippen LogP contribution in [0.2, 0.25) is 0 Å². The lowest BCUT2D eigenvalue weighted by atomic mass is 10.1. The highest BCUT2D eigenvalue weighted by Gasteiger charge is 2.33. The fourth-order valence-corrected chi connectivity index (χ4v) is 4.32. The highest BCUT2D eigenvalue weighted by Crippen LogP contribution is 2.38. The number of rotatable bonds is 4. The number of nitrogens with one attached hydrogen (secondary N) is 1. The molecule has 1 unspecified atom stereocenters. The zero-order chi connectivity index (χ0) is 19.1. The topological polar surface area (TPSA) is 104 Å². The first kappa shape index (κ1) is 17.8. The number of nitrogens with zero attached hydrogens (tertiary/aromatic N) is 3. The molecule has 1 amide bonds. The Balaban J connectivity index is 1.43. The monoisotopic (exact) mass is 383 g/mol. The number of likely N-dealkylation sites (tertiary alicyclic amines) is 1. The molecule has 1 atom stereocenters. The van der Waals surface area contributed by atoms with Gasteiger partial charge in [-0.15, -0.1) is 16.4 Å². The molecule has 7 nitrogen and oxygen atoms in total. The molecule has 2 aromatic heterocycles. The molecule has 4 rings (SSSR count). The Labute approximate surface area is 160 Å². The number of aliphatic hydroxyl groups is 1. The molecule has 1 aromatic carbocycles. The smallest absolute Gasteiger partial charge is 0.253 e. The number of carbonyl (C=O) groups excluding carboxylic acids is 1. The van der Waals surface area contributed by atoms with Crippen LogP contribution >= 0.6 is 11.3 Å². The molecule has 1 saturated heterocycles. The van der Waals surface area contributed by atoms with Gasteiger partial charge in [0.1, 0.15) is 11.1 Å². The highest BCUT2D eigenvalue weighted by molar-refractivity contribution is 7.19. The number of fused-ring (bicyclic) bond motifs is 1. The second-order valence-electron chi connectivity index (χ2n) is 6.81. The quantitative estimate of drug-likeness (QED) is 0.595. The summed E-state index contributed by atoms with van der Waals surface area (Å²) in [7, 11) is 0. The first-order chi connectivity index (χ1) is 13.0. The van der Waals surface area contributed by atoms with Crippen molar-refractivity contribution in [2.45, 2.75) is 26.1 Å². The first-order valence-electron chi connectivity index (χ1n) is 8.76. The van der Waals surface area contributed by atoms with Crippen LogP contribution in [0.3, 0.4) is 0 Å². The summed E-state index contributed by atoms with van der Waals surface area (Å²) in [5.74, 6) is 0.00545. The number of carbonyl (C=O) groups is 1. The van der Waals surface area contributed by atoms with Crippen molar-refractivity contribution in [3.8, 4) is 0 Å². The average molecular weight is 383 g/mol. The Hall–Kier alpha value is -2.55. The number of nitrogen functional groups attached to an aromatic ring is 1. The van der Waals surface area contributed by atoms with Gasteiger partial charge in [0.25, 0.3) is 5.91 Å². The van der Waals surface area contributed by atoms with E-state index in [0.717, 1.165) is 21.5 Å². The lowest BCUT2D eigenvalue weighted by Crippen LogP contribution is -2.60. The number of hydrogen-bond acceptors (Lipinski definition) is 7. The molecule has 1 aliphatic heterocycles. The standard InChI is InChI=1S/C19H21N5O2S/c1-10-11(2)22-23-18-14(10)15(20)16(27-18)17(25)21-13-8-24(9-13)19(26)12-6-4-3-5-7-12/h3-7,13,17,21,25H,8-9,20H2,1-2H3. The van der Waals surface area contributed by atoms with Crippen molar-refractivity contribution in [2.24, 2.45) is 0 Å². The Kier molecular flexibility index (Phi) is 4.55. The van der Waals surface area contributed by atoms with Gasteiger partial charge in [-0.3, -0.25) is 10.1 Å². The van der Waals surface area contributed by atoms with Gasteiger partial charge < -0.3 is 15.7 Å². The van der Waals surface area contributed by atoms with Crippen LogP contribution in [-0.4, -0.2) is 45.2 Å². The maximum Gasteiger partial charge on any atom is 0.253 e. The summed E-state index contributed by atoms with van der Waals surface area (Å²) < 4.78 is 0. The van der Waals surface area contributed by atoms with E-state index in [1.807, 2.05) is 32.0 Å². The minimum Gasteiger partial charge on any atom is -0.397 e. The van der Waals surface area contributed by atoms with Crippen LogP contribution in [0.4, 0.5) is 5.69 Å². The summed E-state index contributed by atoms with van der Waals surface area (Å²) in [6, 6.07) is 9.22. The maximum atomic E-state index is 12.4. The molecule has 1 aliphatic rings. The number of amides is 1. The number of anilines is 1. The number of nitrogens with two attached hydrogens (primary N) is 1. The highest BCUT2D eigenvalue weighted by atomic mass is 32.1. The van der Waals surface area contributed by atoms with E-state index >= 15 is 0 Å². The van der Waals surface area contributed by atoms with Crippen molar-refractivity contribution >= 4 is 33.1 Å². The van der Waals surface area contributed by atoms with Crippen LogP contribution < -0.4 is 11.1 Å². The van der Waals surface area contributed by atoms with Crippen molar-refractivity contribution in [1.29, 1.82) is 0 Å². The van der Waals surface area contributed by atoms with E-state index in [4.69, 9.17) is 5.73 Å². The molecule has 27 heavy (non-hydrogen) atoms. The number of aliphatic hydroxyl groups excluding tert-OH is 1. The molecule has 3 aromatic rings. The molecule has 1 fully saturated rings. The van der Waals surface area contributed by atoms with E-state index in [2.05, 4.69) is 15.5 Å². The van der Waals surface area contributed by atoms with E-state index in [1.165, 1.54) is 11.3 Å². The van der Waals surface area contributed by atoms with Gasteiger partial charge in [-0.05, 0) is 31.5 Å². The molecular formula is C19H21N5O2S. The summed E-state index contributed by atoms with van der Waals surface area (Å²) in [6.45, 7) is 4.94. The third-order valence-electron chi connectivity index (χ3n) is 5.00. The van der Waals surface area contributed by atoms with Crippen molar-refractivity contribution < 1.29 is 9.90 Å². The number of aromatic nitrogens is 2. The molecule has 0 radical (unpaired) electrons. The van der Waals surface area contributed by atoms with E-state index in [1.54, 1.807) is 17.0 Å². The van der Waals surface area contributed by atoms with Crippen LogP contribution in [-0.2, 0) is 0 Å². The fraction of sp³-hybridized carbons (Fsp3) is 0.316. The summed E-state index contributed by atoms with van der Waals surface area (Å²) in [4.78, 5) is 15.5. The van der Waals surface area contributed by atoms with Gasteiger partial charge in [0.15, 0.2) is 0 Å². The molecule has 0 saturated carbocycles. The summed E-state index contributed by atoms with van der Waals surface area (Å²) in [5.41, 5.74) is 9.30. The molecule has 0 bridgehead atoms. The zero-order valence-corrected chi connectivity index (χ0v) is 16.0. The van der Waals surface area contributed by atoms with Crippen molar-refractivity contribution in [1.82, 2.24) is 20.4 Å². The van der Waals surface area contributed by atoms with Gasteiger partial charge in [0, 0.05) is 30.1 Å². The second-order valence-corrected chi connectivity index (χ2v) is 7.84. The molecular weight excluding hydrogens is 362 g/mol. The second kappa shape index (κ2) is 6.88. The zero-order valence-electron chi connectivity index (χ0n) is 15.1. The van der Waals surface area contributed by atoms with Crippen LogP contribution in [0, 0.1) is 13.8 Å². The average Bonchev–Trinajstić information content (AvgIpc) is 2.98. The van der Waals surface area contributed by atoms with E-state index in [-0.39, 0.29) is 11.9 Å². The third kappa shape index (κ3) is 3.16. The Morgan fingerprint density at radius 1 is 1.30 bits per heavy atom. The van der Waals surface area contributed by atoms with Crippen LogP contribution in [0.1, 0.15) is 32.7 Å². The van der Waals surface area contributed by atoms with Crippen LogP contribution in [0.5, 0.6) is 0 Å². The Bertz CT molecular complexity index is 998. The lowest BCUT2D eigenvalue weighted by molar-refractivity contribution is 0.0408. The maximum absolute atomic E-state index is 12.4. The van der Waals surface area contributed by atoms with E-state index in [0.29, 0.717) is 29.2 Å². The minimum absolute atomic E-state index is 0.00545. The molecule has 140 valence electrons. The largest absolute Gasteiger partial charge is 0.397 e. The normalized spacial score (nSPS) is 15.7. The number of benzene rings is 1. The molecule has 0 spiro atoms. The van der Waals surface area contributed by atoms with Gasteiger partial charge in [-0.1, -0.05) is 18.2 Å². The van der Waals surface area contributed by atoms with Gasteiger partial charge in [-0.25, -0.2) is 0 Å². The van der Waals surface area contributed by atoms with Crippen molar-refractivity contribution in [3.05, 3.63) is 52.0 Å². The first-order valence-corrected chi connectivity index (χ1v) is 9.57. The van der Waals surface area contributed by atoms with Crippen molar-refractivity contribution in [3.63, 3.8) is 0 Å². The minimum atomic E-state index is -0.900. The van der Waals surface area contributed by atoms with Gasteiger partial charge in [-0.2, -0.15) is 5.10 Å². The van der Waals surface area contributed by atoms with Gasteiger partial charge in [0.05, 0.1) is 16.3 Å². The fourth-order valence-electron chi connectivity index (χ4n) is 3.27. The summed E-state index contributed by atoms with van der Waals surface area (Å²) in [6.07, 6.45) is -0.900. The van der Waals surface area contributed by atoms with Crippen molar-refractivity contribution in [2.75, 3.05) is 18.8 Å². The van der Waals surface area contributed by atoms with Gasteiger partial charge in [0.2, 0.25) is 0 Å². The Morgan fingerprint density at radius 3 is 2.70 bits per heavy atom. The lowest BCUT2D eigenvalue weighted by Gasteiger charge is -2.40. The molecule has 0 aliphatic carbocycles. The van der Waals surface area contributed by atoms with E-state index < -0.39 is 6.23 Å². The third-order valence-corrected chi connectivity index (χ3v) is 6.14. The predicted molar refractivity (Wildman–Crippen MR) is 106 cm³/mol. The van der Waals surface area contributed by atoms with Gasteiger partial charge >= 0.3 is 0 Å². The SMILES string of the molecule is Cc1nnc2sc(C(O)NC3CN(C(=O)c4ccccc4)C3)c(N)c2c1C. The number of thiophene rings is 1. The number of aryl methyl sites for hydroxylation is 2. The predicted octanol–water partition coefficient (Wildman–Crippen LogP) is 2.00. The Morgan fingerprint density at radius 2 is 2.00 bits per heavy atom. The molecule has 3 heterocycles. The molecule has 4 N–H and O–H groups in total. The number of hydrogen-bond donors (Lipinski definition) is 3. The van der Waals surface area contributed by atoms with E-state index in [9.17, 15) is 9.90 Å². The summed E-state index contributed by atoms with van der Waals surface area (Å²) >= 11 is 1.34. The molecule has 8 heteroatoms. The van der Waals surface area contributed by atoms with Crippen LogP contribution in [0.15, 0.2) is 30.3 Å². The summed E-state index contributed by atoms with van der Waals surface area (Å²) in [5, 5.41) is 22.9.